The lowest BCUT2D eigenvalue weighted by Crippen LogP contribution is -2.74. The van der Waals surface area contributed by atoms with E-state index in [9.17, 15) is 0 Å². The Balaban J connectivity index is 1.45. The maximum absolute atomic E-state index is 4.32. The summed E-state index contributed by atoms with van der Waals surface area (Å²) in [5.74, 6) is 0. The Labute approximate surface area is 296 Å². The van der Waals surface area contributed by atoms with E-state index in [2.05, 4.69) is 173 Å². The lowest BCUT2D eigenvalue weighted by Gasteiger charge is -2.36. The van der Waals surface area contributed by atoms with Crippen molar-refractivity contribution >= 4 is 40.0 Å². The van der Waals surface area contributed by atoms with Gasteiger partial charge in [0.2, 0.25) is 0 Å². The first-order valence-corrected chi connectivity index (χ1v) is 19.4. The third-order valence-corrected chi connectivity index (χ3v) is 14.8. The summed E-state index contributed by atoms with van der Waals surface area (Å²) in [6.07, 6.45) is 17.4. The summed E-state index contributed by atoms with van der Waals surface area (Å²) in [5.41, 5.74) is 9.91. The lowest BCUT2D eigenvalue weighted by atomic mass is 9.96. The van der Waals surface area contributed by atoms with E-state index in [0.29, 0.717) is 6.04 Å². The summed E-state index contributed by atoms with van der Waals surface area (Å²) >= 11 is 0. The van der Waals surface area contributed by atoms with Gasteiger partial charge in [-0.05, 0) is 115 Å². The highest BCUT2D eigenvalue weighted by molar-refractivity contribution is 7.20. The predicted molar refractivity (Wildman–Crippen MR) is 212 cm³/mol. The normalized spacial score (nSPS) is 15.9. The molecule has 5 heteroatoms. The van der Waals surface area contributed by atoms with Crippen molar-refractivity contribution in [3.63, 3.8) is 0 Å². The Morgan fingerprint density at radius 3 is 1.56 bits per heavy atom. The van der Waals surface area contributed by atoms with Crippen molar-refractivity contribution < 1.29 is 0 Å². The molecule has 2 aromatic heterocycles. The molecule has 0 amide bonds. The molecular formula is C45H40N4Si. The van der Waals surface area contributed by atoms with Crippen LogP contribution in [-0.4, -0.2) is 37.2 Å². The predicted octanol–water partition coefficient (Wildman–Crippen LogP) is 6.45. The highest BCUT2D eigenvalue weighted by atomic mass is 28.3. The van der Waals surface area contributed by atoms with Gasteiger partial charge in [-0.2, -0.15) is 0 Å². The molecular weight excluding hydrogens is 625 g/mol. The number of pyridine rings is 2. The van der Waals surface area contributed by atoms with Gasteiger partial charge < -0.3 is 10.6 Å². The number of nitrogens with zero attached hydrogens (tertiary/aromatic N) is 2. The average molecular weight is 665 g/mol. The van der Waals surface area contributed by atoms with E-state index in [1.807, 2.05) is 24.8 Å². The average Bonchev–Trinajstić information content (AvgIpc) is 3.20. The largest absolute Gasteiger partial charge is 0.387 e. The minimum absolute atomic E-state index is 0.442. The molecule has 2 aliphatic heterocycles. The number of aromatic nitrogens is 2. The van der Waals surface area contributed by atoms with Gasteiger partial charge in [-0.3, -0.25) is 9.97 Å². The molecule has 1 atom stereocenters. The SMILES string of the molecule is CC1CC(c2cccc([Si](c3cccc(C4=CCNC=C4)c3)(c3cccc(-c4ccncc4)c3)c3cccc(-c4ccncc4)c3)c2)=CCN1. The van der Waals surface area contributed by atoms with Gasteiger partial charge in [-0.15, -0.1) is 0 Å². The van der Waals surface area contributed by atoms with E-state index in [0.717, 1.165) is 30.6 Å². The summed E-state index contributed by atoms with van der Waals surface area (Å²) in [5, 5.41) is 12.3. The van der Waals surface area contributed by atoms with Crippen LogP contribution in [0.3, 0.4) is 0 Å². The highest BCUT2D eigenvalue weighted by Gasteiger charge is 2.42. The molecule has 0 radical (unpaired) electrons. The van der Waals surface area contributed by atoms with Crippen molar-refractivity contribution in [3.05, 3.63) is 182 Å². The van der Waals surface area contributed by atoms with Gasteiger partial charge in [-0.25, -0.2) is 0 Å². The van der Waals surface area contributed by atoms with Crippen LogP contribution >= 0.6 is 0 Å². The third kappa shape index (κ3) is 6.18. The lowest BCUT2D eigenvalue weighted by molar-refractivity contribution is 0.579. The topological polar surface area (TPSA) is 49.8 Å². The second kappa shape index (κ2) is 14.1. The highest BCUT2D eigenvalue weighted by Crippen LogP contribution is 2.26. The Hall–Kier alpha value is -5.62. The van der Waals surface area contributed by atoms with Gasteiger partial charge in [0.1, 0.15) is 0 Å². The Kier molecular flexibility index (Phi) is 8.91. The Morgan fingerprint density at radius 1 is 0.540 bits per heavy atom. The number of benzene rings is 4. The van der Waals surface area contributed by atoms with Crippen LogP contribution in [0.2, 0.25) is 0 Å². The molecule has 0 aliphatic carbocycles. The minimum atomic E-state index is -2.98. The van der Waals surface area contributed by atoms with Crippen LogP contribution in [0, 0.1) is 0 Å². The molecule has 2 N–H and O–H groups in total. The van der Waals surface area contributed by atoms with Gasteiger partial charge in [0.25, 0.3) is 0 Å². The van der Waals surface area contributed by atoms with Crippen LogP contribution in [0.15, 0.2) is 171 Å². The molecule has 0 saturated carbocycles. The summed E-state index contributed by atoms with van der Waals surface area (Å²) in [6.45, 7) is 4.00. The van der Waals surface area contributed by atoms with Gasteiger partial charge in [0.05, 0.1) is 0 Å². The zero-order valence-electron chi connectivity index (χ0n) is 28.3. The molecule has 2 aliphatic rings. The van der Waals surface area contributed by atoms with Crippen LogP contribution in [0.25, 0.3) is 33.4 Å². The van der Waals surface area contributed by atoms with Crippen LogP contribution in [0.4, 0.5) is 0 Å². The van der Waals surface area contributed by atoms with Crippen molar-refractivity contribution in [2.24, 2.45) is 0 Å². The number of allylic oxidation sites excluding steroid dienone is 2. The molecule has 0 spiro atoms. The van der Waals surface area contributed by atoms with Gasteiger partial charge in [0.15, 0.2) is 8.07 Å². The Morgan fingerprint density at radius 2 is 1.04 bits per heavy atom. The van der Waals surface area contributed by atoms with Gasteiger partial charge >= 0.3 is 0 Å². The summed E-state index contributed by atoms with van der Waals surface area (Å²) < 4.78 is 0. The summed E-state index contributed by atoms with van der Waals surface area (Å²) in [7, 11) is -2.98. The van der Waals surface area contributed by atoms with Crippen molar-refractivity contribution in [2.45, 2.75) is 19.4 Å². The second-order valence-electron chi connectivity index (χ2n) is 13.2. The fraction of sp³-hybridized carbons (Fsp3) is 0.111. The van der Waals surface area contributed by atoms with Crippen LogP contribution < -0.4 is 31.4 Å². The monoisotopic (exact) mass is 664 g/mol. The zero-order chi connectivity index (χ0) is 33.8. The van der Waals surface area contributed by atoms with E-state index in [1.165, 1.54) is 54.1 Å². The number of hydrogen-bond donors (Lipinski definition) is 2. The van der Waals surface area contributed by atoms with Crippen molar-refractivity contribution in [3.8, 4) is 22.3 Å². The molecule has 1 unspecified atom stereocenters. The standard InChI is InChI=1S/C45H40N4Si/c1-33-28-41(20-27-49-33)40-9-5-13-45(32-40)50(42-10-2-6-37(29-42)34-14-21-46-22-15-34,43-11-3-7-38(30-43)35-16-23-47-24-17-35)44-12-4-8-39(31-44)36-18-25-48-26-19-36/h2-25,29-33,48-49H,26-28H2,1H3. The smallest absolute Gasteiger partial charge is 0.179 e. The first-order valence-electron chi connectivity index (χ1n) is 17.4. The molecule has 6 aromatic rings. The molecule has 4 heterocycles. The van der Waals surface area contributed by atoms with Crippen molar-refractivity contribution in [2.75, 3.05) is 13.1 Å². The second-order valence-corrected chi connectivity index (χ2v) is 17.0. The third-order valence-electron chi connectivity index (χ3n) is 10.1. The van der Waals surface area contributed by atoms with Crippen molar-refractivity contribution in [1.29, 1.82) is 0 Å². The molecule has 0 saturated heterocycles. The summed E-state index contributed by atoms with van der Waals surface area (Å²) in [4.78, 5) is 8.63. The molecule has 0 fully saturated rings. The summed E-state index contributed by atoms with van der Waals surface area (Å²) in [6, 6.07) is 46.2. The maximum atomic E-state index is 4.32. The van der Waals surface area contributed by atoms with Crippen LogP contribution in [0.5, 0.6) is 0 Å². The Bertz CT molecular complexity index is 2140. The van der Waals surface area contributed by atoms with E-state index >= 15 is 0 Å². The molecule has 0 bridgehead atoms. The first kappa shape index (κ1) is 31.6. The maximum Gasteiger partial charge on any atom is 0.179 e. The fourth-order valence-corrected chi connectivity index (χ4v) is 12.5. The molecule has 4 nitrogen and oxygen atoms in total. The van der Waals surface area contributed by atoms with Crippen LogP contribution in [-0.2, 0) is 0 Å². The number of hydrogen-bond acceptors (Lipinski definition) is 4. The van der Waals surface area contributed by atoms with E-state index in [-0.39, 0.29) is 0 Å². The molecule has 244 valence electrons. The molecule has 50 heavy (non-hydrogen) atoms. The van der Waals surface area contributed by atoms with E-state index in [4.69, 9.17) is 0 Å². The van der Waals surface area contributed by atoms with Gasteiger partial charge in [0, 0.05) is 43.9 Å². The number of rotatable bonds is 8. The number of dihydropyridines is 1. The minimum Gasteiger partial charge on any atom is -0.387 e. The fourth-order valence-electron chi connectivity index (χ4n) is 7.61. The first-order chi connectivity index (χ1) is 24.7. The zero-order valence-corrected chi connectivity index (χ0v) is 29.3. The molecule has 8 rings (SSSR count). The molecule has 4 aromatic carbocycles. The van der Waals surface area contributed by atoms with E-state index in [1.54, 1.807) is 0 Å². The van der Waals surface area contributed by atoms with Crippen LogP contribution in [0.1, 0.15) is 24.5 Å². The number of nitrogens with one attached hydrogen (secondary N) is 2. The van der Waals surface area contributed by atoms with Crippen molar-refractivity contribution in [1.82, 2.24) is 20.6 Å². The van der Waals surface area contributed by atoms with E-state index < -0.39 is 8.07 Å². The quantitative estimate of drug-likeness (QED) is 0.145. The van der Waals surface area contributed by atoms with Gasteiger partial charge in [-0.1, -0.05) is 109 Å².